The van der Waals surface area contributed by atoms with E-state index in [1.165, 1.54) is 0 Å². The van der Waals surface area contributed by atoms with E-state index in [9.17, 15) is 9.90 Å². The van der Waals surface area contributed by atoms with Crippen molar-refractivity contribution < 1.29 is 15.0 Å². The molecule has 3 nitrogen and oxygen atoms in total. The summed E-state index contributed by atoms with van der Waals surface area (Å²) in [4.78, 5) is 10.9. The molecule has 0 amide bonds. The van der Waals surface area contributed by atoms with Gasteiger partial charge in [-0.2, -0.15) is 0 Å². The van der Waals surface area contributed by atoms with Crippen LogP contribution < -0.4 is 0 Å². The first kappa shape index (κ1) is 10.2. The van der Waals surface area contributed by atoms with Gasteiger partial charge in [0.05, 0.1) is 12.0 Å². The number of aliphatic hydroxyl groups excluding tert-OH is 1. The monoisotopic (exact) mass is 206 g/mol. The number of carboxylic acids is 1. The van der Waals surface area contributed by atoms with Crippen molar-refractivity contribution >= 4 is 5.97 Å². The van der Waals surface area contributed by atoms with Crippen molar-refractivity contribution in [1.29, 1.82) is 0 Å². The van der Waals surface area contributed by atoms with Gasteiger partial charge < -0.3 is 10.2 Å². The minimum absolute atomic E-state index is 0.345. The van der Waals surface area contributed by atoms with E-state index >= 15 is 0 Å². The van der Waals surface area contributed by atoms with Gasteiger partial charge in [-0.05, 0) is 36.5 Å². The zero-order valence-corrected chi connectivity index (χ0v) is 8.60. The summed E-state index contributed by atoms with van der Waals surface area (Å²) >= 11 is 0. The first-order valence-electron chi connectivity index (χ1n) is 5.11. The summed E-state index contributed by atoms with van der Waals surface area (Å²) in [5, 5.41) is 18.5. The molecule has 2 N–H and O–H groups in total. The Kier molecular flexibility index (Phi) is 2.49. The summed E-state index contributed by atoms with van der Waals surface area (Å²) in [6, 6.07) is 5.67. The lowest BCUT2D eigenvalue weighted by molar-refractivity contribution is -0.138. The maximum atomic E-state index is 10.9. The number of carbonyl (C=O) groups is 1. The Labute approximate surface area is 88.4 Å². The molecular weight excluding hydrogens is 192 g/mol. The van der Waals surface area contributed by atoms with Gasteiger partial charge in [-0.3, -0.25) is 4.79 Å². The molecule has 0 bridgehead atoms. The summed E-state index contributed by atoms with van der Waals surface area (Å²) in [6.45, 7) is 1.68. The van der Waals surface area contributed by atoms with Crippen LogP contribution in [0.4, 0.5) is 0 Å². The van der Waals surface area contributed by atoms with Crippen molar-refractivity contribution in [3.8, 4) is 0 Å². The zero-order chi connectivity index (χ0) is 11.0. The van der Waals surface area contributed by atoms with Crippen LogP contribution in [0.5, 0.6) is 0 Å². The molecule has 15 heavy (non-hydrogen) atoms. The van der Waals surface area contributed by atoms with Crippen LogP contribution in [-0.4, -0.2) is 22.3 Å². The predicted octanol–water partition coefficient (Wildman–Crippen LogP) is 1.33. The summed E-state index contributed by atoms with van der Waals surface area (Å²) in [7, 11) is 0. The van der Waals surface area contributed by atoms with Crippen LogP contribution in [0.15, 0.2) is 18.2 Å². The van der Waals surface area contributed by atoms with Crippen molar-refractivity contribution in [2.24, 2.45) is 0 Å². The molecular formula is C12H14O3. The molecule has 0 spiro atoms. The van der Waals surface area contributed by atoms with E-state index in [-0.39, 0.29) is 6.10 Å². The molecule has 0 aromatic heterocycles. The Morgan fingerprint density at radius 1 is 1.47 bits per heavy atom. The fraction of sp³-hybridized carbons (Fsp3) is 0.417. The largest absolute Gasteiger partial charge is 0.481 e. The Hall–Kier alpha value is -1.35. The van der Waals surface area contributed by atoms with Crippen LogP contribution in [-0.2, 0) is 17.6 Å². The molecule has 1 aromatic rings. The summed E-state index contributed by atoms with van der Waals surface area (Å²) in [5.74, 6) is -1.31. The molecule has 3 heteroatoms. The zero-order valence-electron chi connectivity index (χ0n) is 8.60. The Balaban J connectivity index is 2.42. The highest BCUT2D eigenvalue weighted by atomic mass is 16.4. The van der Waals surface area contributed by atoms with Gasteiger partial charge in [0.25, 0.3) is 0 Å². The quantitative estimate of drug-likeness (QED) is 0.767. The van der Waals surface area contributed by atoms with Crippen LogP contribution >= 0.6 is 0 Å². The molecule has 0 radical (unpaired) electrons. The number of benzene rings is 1. The standard InChI is InChI=1S/C12H14O3/c1-7(12(14)15)10-4-2-3-8-5-9(13)6-11(8)10/h2-4,7,9,13H,5-6H2,1H3,(H,14,15). The second kappa shape index (κ2) is 3.66. The highest BCUT2D eigenvalue weighted by molar-refractivity contribution is 5.76. The molecule has 0 aliphatic heterocycles. The third-order valence-electron chi connectivity index (χ3n) is 3.04. The van der Waals surface area contributed by atoms with Gasteiger partial charge in [-0.15, -0.1) is 0 Å². The van der Waals surface area contributed by atoms with Crippen LogP contribution in [0.3, 0.4) is 0 Å². The molecule has 0 fully saturated rings. The maximum Gasteiger partial charge on any atom is 0.310 e. The van der Waals surface area contributed by atoms with Gasteiger partial charge >= 0.3 is 5.97 Å². The molecule has 2 atom stereocenters. The van der Waals surface area contributed by atoms with Crippen LogP contribution in [0.2, 0.25) is 0 Å². The van der Waals surface area contributed by atoms with E-state index in [0.29, 0.717) is 12.8 Å². The summed E-state index contributed by atoms with van der Waals surface area (Å²) in [6.07, 6.45) is 0.890. The lowest BCUT2D eigenvalue weighted by Crippen LogP contribution is -2.10. The fourth-order valence-corrected chi connectivity index (χ4v) is 2.20. The maximum absolute atomic E-state index is 10.9. The third kappa shape index (κ3) is 1.75. The number of carboxylic acid groups (broad SMARTS) is 1. The summed E-state index contributed by atoms with van der Waals surface area (Å²) in [5.41, 5.74) is 2.96. The molecule has 2 rings (SSSR count). The second-order valence-corrected chi connectivity index (χ2v) is 4.11. The van der Waals surface area contributed by atoms with E-state index in [1.54, 1.807) is 6.92 Å². The number of aliphatic carboxylic acids is 1. The third-order valence-corrected chi connectivity index (χ3v) is 3.04. The number of hydrogen-bond donors (Lipinski definition) is 2. The average molecular weight is 206 g/mol. The first-order chi connectivity index (χ1) is 7.09. The highest BCUT2D eigenvalue weighted by Crippen LogP contribution is 2.30. The Morgan fingerprint density at radius 3 is 2.87 bits per heavy atom. The van der Waals surface area contributed by atoms with Gasteiger partial charge in [0.2, 0.25) is 0 Å². The number of rotatable bonds is 2. The van der Waals surface area contributed by atoms with E-state index in [4.69, 9.17) is 5.11 Å². The van der Waals surface area contributed by atoms with E-state index in [2.05, 4.69) is 0 Å². The lowest BCUT2D eigenvalue weighted by Gasteiger charge is -2.11. The van der Waals surface area contributed by atoms with Gasteiger partial charge in [-0.25, -0.2) is 0 Å². The fourth-order valence-electron chi connectivity index (χ4n) is 2.20. The van der Waals surface area contributed by atoms with E-state index < -0.39 is 11.9 Å². The highest BCUT2D eigenvalue weighted by Gasteiger charge is 2.25. The van der Waals surface area contributed by atoms with Gasteiger partial charge in [0.1, 0.15) is 0 Å². The molecule has 0 saturated carbocycles. The molecule has 1 aromatic carbocycles. The molecule has 2 unspecified atom stereocenters. The van der Waals surface area contributed by atoms with Crippen LogP contribution in [0.25, 0.3) is 0 Å². The lowest BCUT2D eigenvalue weighted by atomic mass is 9.93. The molecule has 1 aliphatic rings. The topological polar surface area (TPSA) is 57.5 Å². The number of aliphatic hydroxyl groups is 1. The van der Waals surface area contributed by atoms with Gasteiger partial charge in [0.15, 0.2) is 0 Å². The molecule has 0 heterocycles. The van der Waals surface area contributed by atoms with Crippen LogP contribution in [0, 0.1) is 0 Å². The van der Waals surface area contributed by atoms with Crippen molar-refractivity contribution in [2.75, 3.05) is 0 Å². The molecule has 80 valence electrons. The van der Waals surface area contributed by atoms with Gasteiger partial charge in [0, 0.05) is 0 Å². The Bertz CT molecular complexity index is 398. The van der Waals surface area contributed by atoms with Crippen LogP contribution in [0.1, 0.15) is 29.5 Å². The van der Waals surface area contributed by atoms with Crippen molar-refractivity contribution in [1.82, 2.24) is 0 Å². The molecule has 1 aliphatic carbocycles. The van der Waals surface area contributed by atoms with E-state index in [0.717, 1.165) is 16.7 Å². The van der Waals surface area contributed by atoms with E-state index in [1.807, 2.05) is 18.2 Å². The van der Waals surface area contributed by atoms with Crippen molar-refractivity contribution in [3.05, 3.63) is 34.9 Å². The van der Waals surface area contributed by atoms with Crippen molar-refractivity contribution in [2.45, 2.75) is 31.8 Å². The smallest absolute Gasteiger partial charge is 0.310 e. The number of hydrogen-bond acceptors (Lipinski definition) is 2. The Morgan fingerprint density at radius 2 is 2.20 bits per heavy atom. The second-order valence-electron chi connectivity index (χ2n) is 4.11. The minimum atomic E-state index is -0.815. The summed E-state index contributed by atoms with van der Waals surface area (Å²) < 4.78 is 0. The average Bonchev–Trinajstić information content (AvgIpc) is 2.56. The predicted molar refractivity (Wildman–Crippen MR) is 55.9 cm³/mol. The van der Waals surface area contributed by atoms with Gasteiger partial charge in [-0.1, -0.05) is 18.2 Å². The molecule has 0 saturated heterocycles. The minimum Gasteiger partial charge on any atom is -0.481 e. The number of fused-ring (bicyclic) bond motifs is 1. The van der Waals surface area contributed by atoms with Crippen molar-refractivity contribution in [3.63, 3.8) is 0 Å². The normalized spacial score (nSPS) is 21.1. The first-order valence-corrected chi connectivity index (χ1v) is 5.11. The SMILES string of the molecule is CC(C(=O)O)c1cccc2c1CC(O)C2.